The molecule has 0 saturated heterocycles. The highest BCUT2D eigenvalue weighted by Crippen LogP contribution is 2.19. The van der Waals surface area contributed by atoms with Crippen LogP contribution in [-0.4, -0.2) is 5.11 Å². The normalized spacial score (nSPS) is 13.1. The molecule has 1 N–H and O–H groups in total. The third kappa shape index (κ3) is 3.08. The van der Waals surface area contributed by atoms with Gasteiger partial charge in [0.2, 0.25) is 0 Å². The largest absolute Gasteiger partial charge is 0.462 e. The summed E-state index contributed by atoms with van der Waals surface area (Å²) in [6.45, 7) is 1.95. The fraction of sp³-hybridized carbons (Fsp3) is 0.200. The second-order valence-electron chi connectivity index (χ2n) is 3.93. The monoisotopic (exact) mass is 228 g/mol. The number of hydrogen-bond donors (Lipinski definition) is 1. The summed E-state index contributed by atoms with van der Waals surface area (Å²) < 4.78 is 5.57. The highest BCUT2D eigenvalue weighted by molar-refractivity contribution is 5.42. The Labute approximate surface area is 101 Å². The van der Waals surface area contributed by atoms with Crippen LogP contribution in [0.4, 0.5) is 0 Å². The lowest BCUT2D eigenvalue weighted by Crippen LogP contribution is -2.00. The average Bonchev–Trinajstić information content (AvgIpc) is 2.78. The molecule has 0 fully saturated rings. The second kappa shape index (κ2) is 5.51. The molecule has 1 heterocycles. The zero-order valence-electron chi connectivity index (χ0n) is 9.84. The van der Waals surface area contributed by atoms with Crippen molar-refractivity contribution >= 4 is 6.08 Å². The van der Waals surface area contributed by atoms with Crippen LogP contribution in [0, 0.1) is 0 Å². The first-order chi connectivity index (χ1) is 8.29. The van der Waals surface area contributed by atoms with E-state index < -0.39 is 6.10 Å². The summed E-state index contributed by atoms with van der Waals surface area (Å²) in [5.41, 5.74) is 0.913. The van der Waals surface area contributed by atoms with E-state index in [1.807, 2.05) is 61.5 Å². The third-order valence-electron chi connectivity index (χ3n) is 2.59. The van der Waals surface area contributed by atoms with Crippen molar-refractivity contribution in [3.63, 3.8) is 0 Å². The molecular weight excluding hydrogens is 212 g/mol. The SMILES string of the molecule is C/C=C/c1ccc(CC(O)c2ccccc2)o1. The van der Waals surface area contributed by atoms with Gasteiger partial charge in [0.15, 0.2) is 0 Å². The maximum Gasteiger partial charge on any atom is 0.126 e. The molecule has 0 saturated carbocycles. The molecule has 88 valence electrons. The molecule has 17 heavy (non-hydrogen) atoms. The third-order valence-corrected chi connectivity index (χ3v) is 2.59. The van der Waals surface area contributed by atoms with E-state index in [0.717, 1.165) is 17.1 Å². The van der Waals surface area contributed by atoms with Crippen LogP contribution in [-0.2, 0) is 6.42 Å². The highest BCUT2D eigenvalue weighted by atomic mass is 16.3. The number of allylic oxidation sites excluding steroid dienone is 1. The molecule has 0 radical (unpaired) electrons. The van der Waals surface area contributed by atoms with E-state index >= 15 is 0 Å². The van der Waals surface area contributed by atoms with Crippen LogP contribution in [0.2, 0.25) is 0 Å². The minimum atomic E-state index is -0.513. The van der Waals surface area contributed by atoms with Gasteiger partial charge in [-0.1, -0.05) is 36.4 Å². The number of aliphatic hydroxyl groups excluding tert-OH is 1. The number of rotatable bonds is 4. The Morgan fingerprint density at radius 2 is 1.94 bits per heavy atom. The Kier molecular flexibility index (Phi) is 3.78. The van der Waals surface area contributed by atoms with Crippen LogP contribution >= 0.6 is 0 Å². The average molecular weight is 228 g/mol. The minimum absolute atomic E-state index is 0.502. The predicted octanol–water partition coefficient (Wildman–Crippen LogP) is 3.59. The van der Waals surface area contributed by atoms with Crippen molar-refractivity contribution in [1.29, 1.82) is 0 Å². The molecular formula is C15H16O2. The van der Waals surface area contributed by atoms with E-state index in [4.69, 9.17) is 4.42 Å². The molecule has 1 aromatic heterocycles. The van der Waals surface area contributed by atoms with E-state index in [1.54, 1.807) is 0 Å². The Morgan fingerprint density at radius 3 is 2.65 bits per heavy atom. The molecule has 0 aliphatic carbocycles. The zero-order chi connectivity index (χ0) is 12.1. The highest BCUT2D eigenvalue weighted by Gasteiger charge is 2.10. The van der Waals surface area contributed by atoms with Gasteiger partial charge in [-0.3, -0.25) is 0 Å². The molecule has 2 aromatic rings. The minimum Gasteiger partial charge on any atom is -0.462 e. The van der Waals surface area contributed by atoms with Crippen LogP contribution in [0.25, 0.3) is 6.08 Å². The lowest BCUT2D eigenvalue weighted by atomic mass is 10.1. The molecule has 2 rings (SSSR count). The molecule has 0 bridgehead atoms. The van der Waals surface area contributed by atoms with Gasteiger partial charge < -0.3 is 9.52 Å². The van der Waals surface area contributed by atoms with Gasteiger partial charge in [-0.25, -0.2) is 0 Å². The number of hydrogen-bond acceptors (Lipinski definition) is 2. The van der Waals surface area contributed by atoms with Crippen molar-refractivity contribution in [2.24, 2.45) is 0 Å². The lowest BCUT2D eigenvalue weighted by Gasteiger charge is -2.08. The van der Waals surface area contributed by atoms with E-state index in [2.05, 4.69) is 0 Å². The summed E-state index contributed by atoms with van der Waals surface area (Å²) >= 11 is 0. The maximum atomic E-state index is 10.0. The number of furan rings is 1. The molecule has 1 unspecified atom stereocenters. The van der Waals surface area contributed by atoms with Crippen molar-refractivity contribution in [2.45, 2.75) is 19.4 Å². The number of benzene rings is 1. The van der Waals surface area contributed by atoms with Crippen LogP contribution in [0.1, 0.15) is 30.1 Å². The summed E-state index contributed by atoms with van der Waals surface area (Å²) in [4.78, 5) is 0. The topological polar surface area (TPSA) is 33.4 Å². The van der Waals surface area contributed by atoms with E-state index in [1.165, 1.54) is 0 Å². The Hall–Kier alpha value is -1.80. The van der Waals surface area contributed by atoms with Gasteiger partial charge in [0.25, 0.3) is 0 Å². The summed E-state index contributed by atoms with van der Waals surface area (Å²) in [6, 6.07) is 13.4. The zero-order valence-corrected chi connectivity index (χ0v) is 9.84. The molecule has 2 heteroatoms. The summed E-state index contributed by atoms with van der Waals surface area (Å²) in [5.74, 6) is 1.62. The smallest absolute Gasteiger partial charge is 0.126 e. The van der Waals surface area contributed by atoms with Gasteiger partial charge in [0.05, 0.1) is 6.10 Å². The molecule has 0 aliphatic heterocycles. The summed E-state index contributed by atoms with van der Waals surface area (Å²) in [7, 11) is 0. The predicted molar refractivity (Wildman–Crippen MR) is 68.5 cm³/mol. The quantitative estimate of drug-likeness (QED) is 0.867. The second-order valence-corrected chi connectivity index (χ2v) is 3.93. The molecule has 2 nitrogen and oxygen atoms in total. The van der Waals surface area contributed by atoms with Crippen molar-refractivity contribution in [3.05, 3.63) is 65.6 Å². The van der Waals surface area contributed by atoms with E-state index in [9.17, 15) is 5.11 Å². The Balaban J connectivity index is 2.05. The Bertz CT molecular complexity index is 483. The van der Waals surface area contributed by atoms with E-state index in [0.29, 0.717) is 6.42 Å². The first-order valence-electron chi connectivity index (χ1n) is 5.74. The molecule has 0 amide bonds. The standard InChI is InChI=1S/C15H16O2/c1-2-6-13-9-10-14(17-13)11-15(16)12-7-4-3-5-8-12/h2-10,15-16H,11H2,1H3/b6-2+. The Morgan fingerprint density at radius 1 is 1.18 bits per heavy atom. The van der Waals surface area contributed by atoms with Crippen molar-refractivity contribution in [2.75, 3.05) is 0 Å². The van der Waals surface area contributed by atoms with Gasteiger partial charge >= 0.3 is 0 Å². The molecule has 0 spiro atoms. The fourth-order valence-corrected chi connectivity index (χ4v) is 1.74. The summed E-state index contributed by atoms with van der Waals surface area (Å²) in [6.07, 6.45) is 3.82. The van der Waals surface area contributed by atoms with Gasteiger partial charge in [-0.2, -0.15) is 0 Å². The van der Waals surface area contributed by atoms with Gasteiger partial charge in [0, 0.05) is 6.42 Å². The molecule has 1 aromatic carbocycles. The first-order valence-corrected chi connectivity index (χ1v) is 5.74. The van der Waals surface area contributed by atoms with Crippen LogP contribution in [0.5, 0.6) is 0 Å². The van der Waals surface area contributed by atoms with E-state index in [-0.39, 0.29) is 0 Å². The van der Waals surface area contributed by atoms with Crippen LogP contribution in [0.15, 0.2) is 53.0 Å². The van der Waals surface area contributed by atoms with Crippen LogP contribution < -0.4 is 0 Å². The maximum absolute atomic E-state index is 10.0. The number of aliphatic hydroxyl groups is 1. The fourth-order valence-electron chi connectivity index (χ4n) is 1.74. The molecule has 1 atom stereocenters. The van der Waals surface area contributed by atoms with Gasteiger partial charge in [-0.05, 0) is 30.7 Å². The van der Waals surface area contributed by atoms with Crippen molar-refractivity contribution in [3.8, 4) is 0 Å². The van der Waals surface area contributed by atoms with Gasteiger partial charge in [0.1, 0.15) is 11.5 Å². The summed E-state index contributed by atoms with van der Waals surface area (Å²) in [5, 5.41) is 10.0. The molecule has 0 aliphatic rings. The van der Waals surface area contributed by atoms with Crippen molar-refractivity contribution < 1.29 is 9.52 Å². The van der Waals surface area contributed by atoms with Crippen molar-refractivity contribution in [1.82, 2.24) is 0 Å². The first kappa shape index (κ1) is 11.7. The van der Waals surface area contributed by atoms with Crippen LogP contribution in [0.3, 0.4) is 0 Å². The van der Waals surface area contributed by atoms with Gasteiger partial charge in [-0.15, -0.1) is 0 Å². The lowest BCUT2D eigenvalue weighted by molar-refractivity contribution is 0.170.